The van der Waals surface area contributed by atoms with Crippen molar-refractivity contribution in [3.8, 4) is 0 Å². The molecular formula is C19H24N6O2S. The zero-order chi connectivity index (χ0) is 19.3. The molecule has 28 heavy (non-hydrogen) atoms. The van der Waals surface area contributed by atoms with Crippen molar-refractivity contribution in [2.75, 3.05) is 22.5 Å². The monoisotopic (exact) mass is 400 g/mol. The average Bonchev–Trinajstić information content (AvgIpc) is 3.36. The van der Waals surface area contributed by atoms with Crippen LogP contribution in [0, 0.1) is 0 Å². The number of amides is 2. The number of aromatic nitrogens is 4. The molecule has 8 nitrogen and oxygen atoms in total. The number of nitrogens with one attached hydrogen (secondary N) is 1. The van der Waals surface area contributed by atoms with Crippen molar-refractivity contribution in [2.24, 2.45) is 0 Å². The Labute approximate surface area is 168 Å². The third-order valence-corrected chi connectivity index (χ3v) is 6.19. The first-order valence-corrected chi connectivity index (χ1v) is 10.8. The molecule has 1 N–H and O–H groups in total. The van der Waals surface area contributed by atoms with E-state index in [0.717, 1.165) is 24.9 Å². The minimum atomic E-state index is -0.137. The van der Waals surface area contributed by atoms with Crippen LogP contribution in [0.25, 0.3) is 0 Å². The second-order valence-corrected chi connectivity index (χ2v) is 8.14. The van der Waals surface area contributed by atoms with Crippen molar-refractivity contribution in [3.05, 3.63) is 24.3 Å². The van der Waals surface area contributed by atoms with Gasteiger partial charge in [0.15, 0.2) is 0 Å². The second-order valence-electron chi connectivity index (χ2n) is 7.20. The topological polar surface area (TPSA) is 93.0 Å². The van der Waals surface area contributed by atoms with Crippen molar-refractivity contribution >= 4 is 35.0 Å². The van der Waals surface area contributed by atoms with Gasteiger partial charge >= 0.3 is 0 Å². The predicted octanol–water partition coefficient (Wildman–Crippen LogP) is 3.04. The van der Waals surface area contributed by atoms with Crippen LogP contribution < -0.4 is 10.2 Å². The smallest absolute Gasteiger partial charge is 0.234 e. The molecule has 0 radical (unpaired) electrons. The van der Waals surface area contributed by atoms with E-state index >= 15 is 0 Å². The fraction of sp³-hybridized carbons (Fsp3) is 0.526. The van der Waals surface area contributed by atoms with Crippen LogP contribution in [0.15, 0.2) is 29.4 Å². The van der Waals surface area contributed by atoms with E-state index in [9.17, 15) is 9.59 Å². The van der Waals surface area contributed by atoms with E-state index in [0.29, 0.717) is 29.9 Å². The van der Waals surface area contributed by atoms with Gasteiger partial charge < -0.3 is 10.2 Å². The molecule has 0 bridgehead atoms. The molecule has 1 aliphatic carbocycles. The van der Waals surface area contributed by atoms with Gasteiger partial charge in [0.1, 0.15) is 0 Å². The van der Waals surface area contributed by atoms with Crippen LogP contribution in [0.3, 0.4) is 0 Å². The van der Waals surface area contributed by atoms with E-state index in [1.807, 2.05) is 28.9 Å². The molecule has 2 heterocycles. The van der Waals surface area contributed by atoms with Gasteiger partial charge in [0.05, 0.1) is 23.2 Å². The van der Waals surface area contributed by atoms with Crippen molar-refractivity contribution in [1.82, 2.24) is 20.2 Å². The van der Waals surface area contributed by atoms with Crippen LogP contribution in [0.4, 0.5) is 11.4 Å². The number of para-hydroxylation sites is 2. The molecular weight excluding hydrogens is 376 g/mol. The largest absolute Gasteiger partial charge is 0.324 e. The second kappa shape index (κ2) is 8.72. The van der Waals surface area contributed by atoms with Gasteiger partial charge in [0, 0.05) is 13.0 Å². The fourth-order valence-corrected chi connectivity index (χ4v) is 4.61. The van der Waals surface area contributed by atoms with Crippen LogP contribution in [-0.2, 0) is 9.59 Å². The van der Waals surface area contributed by atoms with Gasteiger partial charge in [0.25, 0.3) is 0 Å². The molecule has 0 atom stereocenters. The van der Waals surface area contributed by atoms with Gasteiger partial charge in [-0.3, -0.25) is 9.59 Å². The molecule has 0 spiro atoms. The number of carbonyl (C=O) groups is 2. The lowest BCUT2D eigenvalue weighted by Gasteiger charge is -2.22. The number of anilines is 2. The van der Waals surface area contributed by atoms with E-state index in [4.69, 9.17) is 0 Å². The Bertz CT molecular complexity index is 848. The van der Waals surface area contributed by atoms with Crippen LogP contribution in [0.5, 0.6) is 0 Å². The van der Waals surface area contributed by atoms with Crippen molar-refractivity contribution in [2.45, 2.75) is 56.1 Å². The molecule has 1 aromatic heterocycles. The summed E-state index contributed by atoms with van der Waals surface area (Å²) in [5, 5.41) is 15.7. The van der Waals surface area contributed by atoms with E-state index in [2.05, 4.69) is 20.8 Å². The van der Waals surface area contributed by atoms with Gasteiger partial charge in [-0.15, -0.1) is 5.10 Å². The average molecular weight is 401 g/mol. The summed E-state index contributed by atoms with van der Waals surface area (Å²) >= 11 is 1.35. The summed E-state index contributed by atoms with van der Waals surface area (Å²) in [5.74, 6) is 0.181. The highest BCUT2D eigenvalue weighted by atomic mass is 32.2. The maximum Gasteiger partial charge on any atom is 0.234 e. The van der Waals surface area contributed by atoms with Gasteiger partial charge in [-0.25, -0.2) is 4.68 Å². The number of hydrogen-bond donors (Lipinski definition) is 1. The Balaban J connectivity index is 1.38. The Morgan fingerprint density at radius 2 is 2.00 bits per heavy atom. The molecule has 2 aliphatic rings. The molecule has 4 rings (SSSR count). The summed E-state index contributed by atoms with van der Waals surface area (Å²) < 4.78 is 1.87. The maximum absolute atomic E-state index is 12.5. The van der Waals surface area contributed by atoms with E-state index in [1.54, 1.807) is 4.90 Å². The van der Waals surface area contributed by atoms with Gasteiger partial charge in [-0.2, -0.15) is 0 Å². The SMILES string of the molecule is O=C(CSc1nnnn1C1CCCCC1)Nc1ccccc1N1CCCC1=O. The van der Waals surface area contributed by atoms with Crippen LogP contribution >= 0.6 is 11.8 Å². The zero-order valence-corrected chi connectivity index (χ0v) is 16.5. The van der Waals surface area contributed by atoms with Gasteiger partial charge in [0.2, 0.25) is 17.0 Å². The molecule has 1 saturated heterocycles. The Morgan fingerprint density at radius 3 is 2.79 bits per heavy atom. The lowest BCUT2D eigenvalue weighted by Crippen LogP contribution is -2.26. The third kappa shape index (κ3) is 4.19. The molecule has 1 aromatic carbocycles. The Hall–Kier alpha value is -2.42. The highest BCUT2D eigenvalue weighted by Crippen LogP contribution is 2.31. The number of thioether (sulfide) groups is 1. The molecule has 1 aliphatic heterocycles. The first-order chi connectivity index (χ1) is 13.7. The summed E-state index contributed by atoms with van der Waals surface area (Å²) in [6, 6.07) is 7.77. The molecule has 0 unspecified atom stereocenters. The fourth-order valence-electron chi connectivity index (χ4n) is 3.87. The normalized spacial score (nSPS) is 17.9. The van der Waals surface area contributed by atoms with Crippen LogP contribution in [0.1, 0.15) is 51.0 Å². The lowest BCUT2D eigenvalue weighted by molar-refractivity contribution is -0.117. The standard InChI is InChI=1S/C19H24N6O2S/c26-17(13-28-19-21-22-23-25(19)14-7-2-1-3-8-14)20-15-9-4-5-10-16(15)24-12-6-11-18(24)27/h4-5,9-10,14H,1-3,6-8,11-13H2,(H,20,26). The molecule has 2 fully saturated rings. The minimum Gasteiger partial charge on any atom is -0.324 e. The molecule has 2 aromatic rings. The van der Waals surface area contributed by atoms with Crippen molar-refractivity contribution in [3.63, 3.8) is 0 Å². The molecule has 2 amide bonds. The van der Waals surface area contributed by atoms with Gasteiger partial charge in [-0.05, 0) is 41.8 Å². The number of carbonyl (C=O) groups excluding carboxylic acids is 2. The minimum absolute atomic E-state index is 0.0998. The number of benzene rings is 1. The zero-order valence-electron chi connectivity index (χ0n) is 15.7. The van der Waals surface area contributed by atoms with E-state index in [1.165, 1.54) is 31.0 Å². The van der Waals surface area contributed by atoms with Crippen LogP contribution in [0.2, 0.25) is 0 Å². The summed E-state index contributed by atoms with van der Waals surface area (Å²) in [7, 11) is 0. The highest BCUT2D eigenvalue weighted by Gasteiger charge is 2.24. The first kappa shape index (κ1) is 18.9. The predicted molar refractivity (Wildman–Crippen MR) is 107 cm³/mol. The quantitative estimate of drug-likeness (QED) is 0.749. The summed E-state index contributed by atoms with van der Waals surface area (Å²) in [4.78, 5) is 26.3. The first-order valence-electron chi connectivity index (χ1n) is 9.82. The number of nitrogens with zero attached hydrogens (tertiary/aromatic N) is 5. The summed E-state index contributed by atoms with van der Waals surface area (Å²) in [6.45, 7) is 0.691. The maximum atomic E-state index is 12.5. The Kier molecular flexibility index (Phi) is 5.90. The Morgan fingerprint density at radius 1 is 1.18 bits per heavy atom. The van der Waals surface area contributed by atoms with Crippen LogP contribution in [-0.4, -0.2) is 44.3 Å². The van der Waals surface area contributed by atoms with Crippen molar-refractivity contribution < 1.29 is 9.59 Å². The summed E-state index contributed by atoms with van der Waals surface area (Å²) in [5.41, 5.74) is 1.42. The highest BCUT2D eigenvalue weighted by molar-refractivity contribution is 7.99. The number of tetrazole rings is 1. The van der Waals surface area contributed by atoms with E-state index in [-0.39, 0.29) is 17.6 Å². The van der Waals surface area contributed by atoms with Crippen molar-refractivity contribution in [1.29, 1.82) is 0 Å². The van der Waals surface area contributed by atoms with Gasteiger partial charge in [-0.1, -0.05) is 43.2 Å². The third-order valence-electron chi connectivity index (χ3n) is 5.26. The lowest BCUT2D eigenvalue weighted by atomic mass is 9.96. The summed E-state index contributed by atoms with van der Waals surface area (Å²) in [6.07, 6.45) is 7.23. The molecule has 148 valence electrons. The number of hydrogen-bond acceptors (Lipinski definition) is 6. The molecule has 9 heteroatoms. The number of rotatable bonds is 6. The molecule has 1 saturated carbocycles. The van der Waals surface area contributed by atoms with E-state index < -0.39 is 0 Å².